The normalized spacial score (nSPS) is 19.0. The van der Waals surface area contributed by atoms with Crippen LogP contribution in [0.1, 0.15) is 17.8 Å². The number of aromatic nitrogens is 2. The van der Waals surface area contributed by atoms with Gasteiger partial charge < -0.3 is 10.3 Å². The van der Waals surface area contributed by atoms with Crippen LogP contribution in [0.15, 0.2) is 6.33 Å². The van der Waals surface area contributed by atoms with Gasteiger partial charge in [0.2, 0.25) is 5.91 Å². The molecule has 2 rings (SSSR count). The van der Waals surface area contributed by atoms with E-state index in [-0.39, 0.29) is 11.8 Å². The highest BCUT2D eigenvalue weighted by Crippen LogP contribution is 2.22. The molecule has 2 N–H and O–H groups in total. The minimum absolute atomic E-state index is 0.0336. The van der Waals surface area contributed by atoms with Gasteiger partial charge in [0.15, 0.2) is 0 Å². The number of carbonyl (C=O) groups excluding carboxylic acids is 1. The van der Waals surface area contributed by atoms with Gasteiger partial charge in [-0.1, -0.05) is 5.92 Å². The topological polar surface area (TPSA) is 57.8 Å². The number of hydrogen-bond donors (Lipinski definition) is 2. The van der Waals surface area contributed by atoms with Crippen molar-refractivity contribution in [3.8, 4) is 12.3 Å². The summed E-state index contributed by atoms with van der Waals surface area (Å²) in [6, 6.07) is 0. The minimum Gasteiger partial charge on any atom is -0.348 e. The summed E-state index contributed by atoms with van der Waals surface area (Å²) in [6.07, 6.45) is 9.24. The lowest BCUT2D eigenvalue weighted by Crippen LogP contribution is -2.34. The highest BCUT2D eigenvalue weighted by atomic mass is 16.1. The van der Waals surface area contributed by atoms with Crippen molar-refractivity contribution in [1.82, 2.24) is 15.3 Å². The average Bonchev–Trinajstić information content (AvgIpc) is 2.72. The number of hydrogen-bond acceptors (Lipinski definition) is 2. The fourth-order valence-corrected chi connectivity index (χ4v) is 1.91. The lowest BCUT2D eigenvalue weighted by molar-refractivity contribution is -0.125. The molecule has 0 radical (unpaired) electrons. The molecule has 1 heterocycles. The Hall–Kier alpha value is -1.76. The van der Waals surface area contributed by atoms with Crippen molar-refractivity contribution in [3.05, 3.63) is 17.7 Å². The first-order valence-electron chi connectivity index (χ1n) is 5.03. The van der Waals surface area contributed by atoms with E-state index in [0.717, 1.165) is 30.7 Å². The zero-order valence-corrected chi connectivity index (χ0v) is 8.42. The van der Waals surface area contributed by atoms with Crippen LogP contribution < -0.4 is 5.32 Å². The molecule has 0 bridgehead atoms. The average molecular weight is 203 g/mol. The van der Waals surface area contributed by atoms with Gasteiger partial charge in [-0.15, -0.1) is 6.42 Å². The van der Waals surface area contributed by atoms with Gasteiger partial charge in [-0.2, -0.15) is 0 Å². The molecule has 4 nitrogen and oxygen atoms in total. The zero-order valence-electron chi connectivity index (χ0n) is 8.42. The molecule has 1 aromatic rings. The second-order valence-corrected chi connectivity index (χ2v) is 3.69. The largest absolute Gasteiger partial charge is 0.348 e. The number of aryl methyl sites for hydroxylation is 1. The number of imidazole rings is 1. The number of rotatable bonds is 2. The first-order chi connectivity index (χ1) is 7.31. The zero-order chi connectivity index (χ0) is 10.7. The van der Waals surface area contributed by atoms with Gasteiger partial charge in [0, 0.05) is 18.0 Å². The van der Waals surface area contributed by atoms with Gasteiger partial charge in [-0.05, 0) is 12.8 Å². The Kier molecular flexibility index (Phi) is 2.72. The Morgan fingerprint density at radius 1 is 1.80 bits per heavy atom. The number of terminal acetylenes is 1. The summed E-state index contributed by atoms with van der Waals surface area (Å²) in [5.74, 6) is 2.48. The van der Waals surface area contributed by atoms with Crippen molar-refractivity contribution in [2.45, 2.75) is 19.3 Å². The predicted octanol–water partition coefficient (Wildman–Crippen LogP) is 0.264. The maximum absolute atomic E-state index is 11.6. The van der Waals surface area contributed by atoms with Crippen LogP contribution in [-0.4, -0.2) is 22.4 Å². The fraction of sp³-hybridized carbons (Fsp3) is 0.455. The summed E-state index contributed by atoms with van der Waals surface area (Å²) in [5, 5.41) is 2.72. The molecule has 0 fully saturated rings. The summed E-state index contributed by atoms with van der Waals surface area (Å²) in [6.45, 7) is 0.311. The van der Waals surface area contributed by atoms with E-state index >= 15 is 0 Å². The van der Waals surface area contributed by atoms with E-state index in [1.54, 1.807) is 6.33 Å². The lowest BCUT2D eigenvalue weighted by atomic mass is 9.89. The second kappa shape index (κ2) is 4.18. The molecule has 0 spiro atoms. The molecular formula is C11H13N3O. The molecule has 15 heavy (non-hydrogen) atoms. The Bertz CT molecular complexity index is 402. The maximum Gasteiger partial charge on any atom is 0.224 e. The lowest BCUT2D eigenvalue weighted by Gasteiger charge is -2.19. The third-order valence-corrected chi connectivity index (χ3v) is 2.72. The highest BCUT2D eigenvalue weighted by molar-refractivity contribution is 5.79. The molecule has 0 aliphatic heterocycles. The predicted molar refractivity (Wildman–Crippen MR) is 55.9 cm³/mol. The number of H-pyrrole nitrogens is 1. The molecule has 0 saturated heterocycles. The van der Waals surface area contributed by atoms with Crippen molar-refractivity contribution in [1.29, 1.82) is 0 Å². The van der Waals surface area contributed by atoms with Crippen molar-refractivity contribution in [2.75, 3.05) is 6.54 Å². The van der Waals surface area contributed by atoms with Gasteiger partial charge in [0.05, 0.1) is 18.6 Å². The number of aromatic amines is 1. The Balaban J connectivity index is 1.98. The van der Waals surface area contributed by atoms with Crippen LogP contribution in [0.5, 0.6) is 0 Å². The fourth-order valence-electron chi connectivity index (χ4n) is 1.91. The molecule has 0 aromatic carbocycles. The molecule has 78 valence electrons. The molecule has 1 amide bonds. The molecule has 1 aliphatic rings. The van der Waals surface area contributed by atoms with Crippen molar-refractivity contribution in [2.24, 2.45) is 5.92 Å². The summed E-state index contributed by atoms with van der Waals surface area (Å²) in [7, 11) is 0. The van der Waals surface area contributed by atoms with Gasteiger partial charge in [0.25, 0.3) is 0 Å². The van der Waals surface area contributed by atoms with E-state index in [4.69, 9.17) is 6.42 Å². The number of nitrogens with one attached hydrogen (secondary N) is 2. The Morgan fingerprint density at radius 2 is 2.67 bits per heavy atom. The second-order valence-electron chi connectivity index (χ2n) is 3.69. The molecule has 1 aliphatic carbocycles. The summed E-state index contributed by atoms with van der Waals surface area (Å²) in [5.41, 5.74) is 2.18. The first kappa shape index (κ1) is 9.78. The van der Waals surface area contributed by atoms with Crippen molar-refractivity contribution < 1.29 is 4.79 Å². The van der Waals surface area contributed by atoms with E-state index in [1.807, 2.05) is 0 Å². The third kappa shape index (κ3) is 2.01. The van der Waals surface area contributed by atoms with Crippen LogP contribution in [0.3, 0.4) is 0 Å². The monoisotopic (exact) mass is 203 g/mol. The van der Waals surface area contributed by atoms with Crippen molar-refractivity contribution >= 4 is 5.91 Å². The van der Waals surface area contributed by atoms with E-state index in [1.165, 1.54) is 0 Å². The summed E-state index contributed by atoms with van der Waals surface area (Å²) < 4.78 is 0. The smallest absolute Gasteiger partial charge is 0.224 e. The Labute approximate surface area is 88.5 Å². The van der Waals surface area contributed by atoms with Gasteiger partial charge in [0.1, 0.15) is 0 Å². The molecule has 1 aromatic heterocycles. The van der Waals surface area contributed by atoms with E-state index in [9.17, 15) is 4.79 Å². The molecule has 1 unspecified atom stereocenters. The summed E-state index contributed by atoms with van der Waals surface area (Å²) >= 11 is 0. The van der Waals surface area contributed by atoms with Crippen LogP contribution in [0.25, 0.3) is 0 Å². The molecule has 0 saturated carbocycles. The van der Waals surface area contributed by atoms with Gasteiger partial charge >= 0.3 is 0 Å². The molecule has 4 heteroatoms. The third-order valence-electron chi connectivity index (χ3n) is 2.72. The van der Waals surface area contributed by atoms with Crippen LogP contribution in [0, 0.1) is 18.3 Å². The van der Waals surface area contributed by atoms with Crippen LogP contribution >= 0.6 is 0 Å². The van der Waals surface area contributed by atoms with Crippen LogP contribution in [0.4, 0.5) is 0 Å². The quantitative estimate of drug-likeness (QED) is 0.677. The van der Waals surface area contributed by atoms with Crippen molar-refractivity contribution in [3.63, 3.8) is 0 Å². The van der Waals surface area contributed by atoms with E-state index < -0.39 is 0 Å². The van der Waals surface area contributed by atoms with E-state index in [2.05, 4.69) is 21.2 Å². The Morgan fingerprint density at radius 3 is 3.47 bits per heavy atom. The maximum atomic E-state index is 11.6. The summed E-state index contributed by atoms with van der Waals surface area (Å²) in [4.78, 5) is 18.9. The van der Waals surface area contributed by atoms with E-state index in [0.29, 0.717) is 6.54 Å². The van der Waals surface area contributed by atoms with Gasteiger partial charge in [-0.3, -0.25) is 4.79 Å². The van der Waals surface area contributed by atoms with Crippen LogP contribution in [0.2, 0.25) is 0 Å². The number of nitrogens with zero attached hydrogens (tertiary/aromatic N) is 1. The van der Waals surface area contributed by atoms with Gasteiger partial charge in [-0.25, -0.2) is 4.98 Å². The first-order valence-corrected chi connectivity index (χ1v) is 5.03. The highest BCUT2D eigenvalue weighted by Gasteiger charge is 2.25. The number of fused-ring (bicyclic) bond motifs is 1. The SMILES string of the molecule is C#CCNC(=O)C1CCc2nc[nH]c2C1. The molecule has 1 atom stereocenters. The van der Waals surface area contributed by atoms with Crippen LogP contribution in [-0.2, 0) is 17.6 Å². The minimum atomic E-state index is 0.0336. The number of amides is 1. The molecular weight excluding hydrogens is 190 g/mol. The standard InChI is InChI=1S/C11H13N3O/c1-2-5-12-11(15)8-3-4-9-10(6-8)14-7-13-9/h1,7-8H,3-6H2,(H,12,15)(H,13,14). The number of carbonyl (C=O) groups is 1.